The van der Waals surface area contributed by atoms with Gasteiger partial charge in [0.2, 0.25) is 5.91 Å². The zero-order valence-corrected chi connectivity index (χ0v) is 5.94. The van der Waals surface area contributed by atoms with E-state index in [0.717, 1.165) is 0 Å². The third-order valence-electron chi connectivity index (χ3n) is 0.871. The molecule has 0 radical (unpaired) electrons. The van der Waals surface area contributed by atoms with Crippen LogP contribution in [0.2, 0.25) is 0 Å². The van der Waals surface area contributed by atoms with Gasteiger partial charge in [-0.25, -0.2) is 0 Å². The SMILES string of the molecule is CC(C=S)C(=O)NCO. The zero-order valence-electron chi connectivity index (χ0n) is 5.13. The zero-order chi connectivity index (χ0) is 7.28. The standard InChI is InChI=1S/C5H9NO2S/c1-4(2-9)5(8)6-3-7/h2,4,7H,3H2,1H3,(H,6,8). The molecule has 2 N–H and O–H groups in total. The Morgan fingerprint density at radius 1 is 2.00 bits per heavy atom. The molecule has 4 heteroatoms. The van der Waals surface area contributed by atoms with Crippen LogP contribution >= 0.6 is 12.2 Å². The van der Waals surface area contributed by atoms with Crippen LogP contribution in [0, 0.1) is 5.92 Å². The van der Waals surface area contributed by atoms with Gasteiger partial charge in [0.1, 0.15) is 6.73 Å². The molecular formula is C5H9NO2S. The Morgan fingerprint density at radius 2 is 2.56 bits per heavy atom. The van der Waals surface area contributed by atoms with Crippen LogP contribution < -0.4 is 5.32 Å². The van der Waals surface area contributed by atoms with Crippen LogP contribution in [0.25, 0.3) is 0 Å². The lowest BCUT2D eigenvalue weighted by molar-refractivity contribution is -0.123. The van der Waals surface area contributed by atoms with E-state index in [4.69, 9.17) is 5.11 Å². The summed E-state index contributed by atoms with van der Waals surface area (Å²) in [6.07, 6.45) is 0. The normalized spacial score (nSPS) is 12.2. The number of aliphatic hydroxyl groups excluding tert-OH is 1. The summed E-state index contributed by atoms with van der Waals surface area (Å²) < 4.78 is 0. The van der Waals surface area contributed by atoms with Crippen molar-refractivity contribution in [3.05, 3.63) is 0 Å². The first-order chi connectivity index (χ1) is 4.22. The maximum Gasteiger partial charge on any atom is 0.229 e. The molecule has 0 fully saturated rings. The van der Waals surface area contributed by atoms with Gasteiger partial charge < -0.3 is 10.4 Å². The van der Waals surface area contributed by atoms with E-state index in [9.17, 15) is 4.79 Å². The lowest BCUT2D eigenvalue weighted by Gasteiger charge is -2.02. The summed E-state index contributed by atoms with van der Waals surface area (Å²) in [6, 6.07) is 0. The highest BCUT2D eigenvalue weighted by molar-refractivity contribution is 7.79. The molecule has 0 aromatic rings. The van der Waals surface area contributed by atoms with E-state index in [2.05, 4.69) is 17.5 Å². The van der Waals surface area contributed by atoms with Crippen LogP contribution in [-0.4, -0.2) is 23.1 Å². The second-order valence-corrected chi connectivity index (χ2v) is 1.90. The molecule has 52 valence electrons. The van der Waals surface area contributed by atoms with E-state index in [1.165, 1.54) is 5.37 Å². The summed E-state index contributed by atoms with van der Waals surface area (Å²) in [7, 11) is 0. The number of carbonyl (C=O) groups is 1. The van der Waals surface area contributed by atoms with E-state index >= 15 is 0 Å². The van der Waals surface area contributed by atoms with Crippen molar-refractivity contribution in [2.45, 2.75) is 6.92 Å². The van der Waals surface area contributed by atoms with Gasteiger partial charge in [0, 0.05) is 0 Å². The first kappa shape index (κ1) is 8.52. The first-order valence-electron chi connectivity index (χ1n) is 2.56. The molecule has 0 aromatic carbocycles. The molecule has 0 bridgehead atoms. The smallest absolute Gasteiger partial charge is 0.229 e. The molecule has 1 atom stereocenters. The minimum Gasteiger partial charge on any atom is -0.377 e. The van der Waals surface area contributed by atoms with Gasteiger partial charge >= 0.3 is 0 Å². The van der Waals surface area contributed by atoms with Gasteiger partial charge in [-0.3, -0.25) is 4.79 Å². The van der Waals surface area contributed by atoms with Crippen LogP contribution in [0.4, 0.5) is 0 Å². The summed E-state index contributed by atoms with van der Waals surface area (Å²) >= 11 is 4.50. The number of amides is 1. The Morgan fingerprint density at radius 3 is 2.89 bits per heavy atom. The van der Waals surface area contributed by atoms with Gasteiger partial charge in [0.15, 0.2) is 0 Å². The van der Waals surface area contributed by atoms with Gasteiger partial charge in [0.25, 0.3) is 0 Å². The molecular weight excluding hydrogens is 138 g/mol. The highest BCUT2D eigenvalue weighted by Gasteiger charge is 2.06. The van der Waals surface area contributed by atoms with Crippen molar-refractivity contribution in [2.24, 2.45) is 5.92 Å². The molecule has 0 saturated carbocycles. The predicted octanol–water partition coefficient (Wildman–Crippen LogP) is -0.312. The maximum absolute atomic E-state index is 10.6. The monoisotopic (exact) mass is 147 g/mol. The lowest BCUT2D eigenvalue weighted by Crippen LogP contribution is -2.30. The molecule has 0 rings (SSSR count). The molecule has 0 aliphatic carbocycles. The number of aliphatic hydroxyl groups is 1. The molecule has 1 amide bonds. The Kier molecular flexibility index (Phi) is 4.17. The molecule has 0 aliphatic heterocycles. The van der Waals surface area contributed by atoms with Gasteiger partial charge in [-0.05, 0) is 12.3 Å². The van der Waals surface area contributed by atoms with E-state index in [1.807, 2.05) is 0 Å². The minimum atomic E-state index is -0.327. The Labute approximate surface area is 59.1 Å². The summed E-state index contributed by atoms with van der Waals surface area (Å²) in [6.45, 7) is 1.34. The average Bonchev–Trinajstić information content (AvgIpc) is 1.87. The molecule has 0 aliphatic rings. The fourth-order valence-corrected chi connectivity index (χ4v) is 0.424. The van der Waals surface area contributed by atoms with Crippen LogP contribution in [0.15, 0.2) is 0 Å². The molecule has 0 saturated heterocycles. The predicted molar refractivity (Wildman–Crippen MR) is 38.0 cm³/mol. The molecule has 0 spiro atoms. The summed E-state index contributed by atoms with van der Waals surface area (Å²) in [4.78, 5) is 10.6. The second kappa shape index (κ2) is 4.40. The third kappa shape index (κ3) is 3.16. The van der Waals surface area contributed by atoms with Crippen LogP contribution in [-0.2, 0) is 4.79 Å². The quantitative estimate of drug-likeness (QED) is 0.425. The van der Waals surface area contributed by atoms with E-state index in [1.54, 1.807) is 6.92 Å². The number of nitrogens with one attached hydrogen (secondary N) is 1. The number of hydrogen-bond acceptors (Lipinski definition) is 3. The highest BCUT2D eigenvalue weighted by Crippen LogP contribution is 1.88. The molecule has 1 unspecified atom stereocenters. The second-order valence-electron chi connectivity index (χ2n) is 1.62. The summed E-state index contributed by atoms with van der Waals surface area (Å²) in [5, 5.41) is 11.8. The summed E-state index contributed by atoms with van der Waals surface area (Å²) in [5.74, 6) is -0.542. The van der Waals surface area contributed by atoms with E-state index in [-0.39, 0.29) is 18.6 Å². The highest BCUT2D eigenvalue weighted by atomic mass is 32.1. The van der Waals surface area contributed by atoms with Crippen molar-refractivity contribution >= 4 is 23.5 Å². The van der Waals surface area contributed by atoms with Crippen LogP contribution in [0.1, 0.15) is 6.92 Å². The van der Waals surface area contributed by atoms with Crippen molar-refractivity contribution in [2.75, 3.05) is 6.73 Å². The van der Waals surface area contributed by atoms with Crippen molar-refractivity contribution < 1.29 is 9.90 Å². The lowest BCUT2D eigenvalue weighted by atomic mass is 10.2. The van der Waals surface area contributed by atoms with Crippen LogP contribution in [0.3, 0.4) is 0 Å². The van der Waals surface area contributed by atoms with Gasteiger partial charge in [0.05, 0.1) is 5.92 Å². The number of thiocarbonyl (C=S) groups is 1. The van der Waals surface area contributed by atoms with Crippen molar-refractivity contribution in [1.29, 1.82) is 0 Å². The largest absolute Gasteiger partial charge is 0.377 e. The van der Waals surface area contributed by atoms with Gasteiger partial charge in [-0.2, -0.15) is 0 Å². The van der Waals surface area contributed by atoms with Gasteiger partial charge in [-0.15, -0.1) is 0 Å². The number of rotatable bonds is 3. The number of hydrogen-bond donors (Lipinski definition) is 2. The topological polar surface area (TPSA) is 49.3 Å². The molecule has 0 aromatic heterocycles. The van der Waals surface area contributed by atoms with E-state index in [0.29, 0.717) is 0 Å². The fraction of sp³-hybridized carbons (Fsp3) is 0.600. The van der Waals surface area contributed by atoms with Crippen molar-refractivity contribution in [1.82, 2.24) is 5.32 Å². The Hall–Kier alpha value is -0.480. The number of carbonyl (C=O) groups excluding carboxylic acids is 1. The first-order valence-corrected chi connectivity index (χ1v) is 3.03. The van der Waals surface area contributed by atoms with Gasteiger partial charge in [-0.1, -0.05) is 12.2 Å². The van der Waals surface area contributed by atoms with Crippen molar-refractivity contribution in [3.63, 3.8) is 0 Å². The average molecular weight is 147 g/mol. The fourth-order valence-electron chi connectivity index (χ4n) is 0.301. The summed E-state index contributed by atoms with van der Waals surface area (Å²) in [5.41, 5.74) is 0. The Balaban J connectivity index is 3.58. The minimum absolute atomic E-state index is 0.243. The molecule has 9 heavy (non-hydrogen) atoms. The maximum atomic E-state index is 10.6. The molecule has 0 heterocycles. The van der Waals surface area contributed by atoms with Crippen molar-refractivity contribution in [3.8, 4) is 0 Å². The Bertz CT molecular complexity index is 116. The van der Waals surface area contributed by atoms with E-state index < -0.39 is 0 Å². The van der Waals surface area contributed by atoms with Crippen LogP contribution in [0.5, 0.6) is 0 Å². The third-order valence-corrected chi connectivity index (χ3v) is 1.28. The molecule has 3 nitrogen and oxygen atoms in total.